The number of nitrogens with one attached hydrogen (secondary N) is 2. The van der Waals surface area contributed by atoms with Crippen molar-refractivity contribution in [2.75, 3.05) is 10.6 Å². The summed E-state index contributed by atoms with van der Waals surface area (Å²) in [5, 5.41) is 4.76. The predicted octanol–water partition coefficient (Wildman–Crippen LogP) is 8.32. The van der Waals surface area contributed by atoms with Crippen LogP contribution in [0.2, 0.25) is 0 Å². The molecule has 2 N–H and O–H groups in total. The zero-order valence-corrected chi connectivity index (χ0v) is 20.8. The molecule has 0 fully saturated rings. The highest BCUT2D eigenvalue weighted by Gasteiger charge is 2.72. The van der Waals surface area contributed by atoms with Gasteiger partial charge in [0.15, 0.2) is 0 Å². The molecule has 0 radical (unpaired) electrons. The quantitative estimate of drug-likeness (QED) is 0.227. The zero-order chi connectivity index (χ0) is 29.7. The van der Waals surface area contributed by atoms with Crippen LogP contribution in [0, 0.1) is 0 Å². The number of anilines is 2. The van der Waals surface area contributed by atoms with Gasteiger partial charge in [-0.15, -0.1) is 0 Å². The van der Waals surface area contributed by atoms with Gasteiger partial charge in [0.2, 0.25) is 5.41 Å². The molecule has 0 aliphatic heterocycles. The summed E-state index contributed by atoms with van der Waals surface area (Å²) in [4.78, 5) is 24.2. The van der Waals surface area contributed by atoms with Gasteiger partial charge in [0.05, 0.1) is 0 Å². The van der Waals surface area contributed by atoms with E-state index in [1.807, 2.05) is 0 Å². The number of benzene rings is 4. The van der Waals surface area contributed by atoms with Crippen LogP contribution in [0.1, 0.15) is 11.1 Å². The van der Waals surface area contributed by atoms with Crippen LogP contribution in [0.15, 0.2) is 109 Å². The Morgan fingerprint density at radius 3 is 1.10 bits per heavy atom. The maximum absolute atomic E-state index is 14.4. The van der Waals surface area contributed by atoms with E-state index in [1.54, 1.807) is 60.7 Å². The second-order valence-electron chi connectivity index (χ2n) is 8.56. The minimum absolute atomic E-state index is 0.284. The lowest BCUT2D eigenvalue weighted by Crippen LogP contribution is -2.54. The van der Waals surface area contributed by atoms with E-state index in [1.165, 1.54) is 0 Å². The molecule has 0 atom stereocenters. The first-order valence-electron chi connectivity index (χ1n) is 11.8. The Kier molecular flexibility index (Phi) is 8.22. The van der Waals surface area contributed by atoms with Gasteiger partial charge in [0.1, 0.15) is 11.5 Å². The maximum atomic E-state index is 14.4. The monoisotopic (exact) mass is 574 g/mol. The molecule has 41 heavy (non-hydrogen) atoms. The minimum Gasteiger partial charge on any atom is -0.410 e. The van der Waals surface area contributed by atoms with Gasteiger partial charge in [-0.2, -0.15) is 26.3 Å². The number of carbonyl (C=O) groups excluding carboxylic acids is 2. The SMILES string of the molecule is O=C(Nc1ccccc1)Oc1ccc(C(c2ccc(OC(=O)Nc3ccccc3)cc2)(C(F)(F)F)C(F)(F)F)cc1. The fourth-order valence-corrected chi connectivity index (χ4v) is 4.07. The van der Waals surface area contributed by atoms with Crippen molar-refractivity contribution in [3.05, 3.63) is 120 Å². The largest absolute Gasteiger partial charge is 0.417 e. The van der Waals surface area contributed by atoms with Crippen molar-refractivity contribution in [2.45, 2.75) is 17.8 Å². The van der Waals surface area contributed by atoms with Crippen LogP contribution in [0.3, 0.4) is 0 Å². The first-order chi connectivity index (χ1) is 19.4. The molecule has 0 aromatic heterocycles. The lowest BCUT2D eigenvalue weighted by molar-refractivity contribution is -0.288. The molecule has 0 saturated heterocycles. The second-order valence-corrected chi connectivity index (χ2v) is 8.56. The first-order valence-corrected chi connectivity index (χ1v) is 11.8. The Morgan fingerprint density at radius 2 is 0.805 bits per heavy atom. The molecule has 0 saturated carbocycles. The highest BCUT2D eigenvalue weighted by Crippen LogP contribution is 2.56. The van der Waals surface area contributed by atoms with E-state index >= 15 is 0 Å². The van der Waals surface area contributed by atoms with Crippen molar-refractivity contribution >= 4 is 23.6 Å². The number of hydrogen-bond donors (Lipinski definition) is 2. The summed E-state index contributed by atoms with van der Waals surface area (Å²) < 4.78 is 96.6. The molecule has 6 nitrogen and oxygen atoms in total. The fourth-order valence-electron chi connectivity index (χ4n) is 4.07. The Balaban J connectivity index is 1.60. The van der Waals surface area contributed by atoms with Gasteiger partial charge >= 0.3 is 24.5 Å². The van der Waals surface area contributed by atoms with Crippen LogP contribution in [0.4, 0.5) is 47.3 Å². The molecule has 12 heteroatoms. The number of alkyl halides is 6. The van der Waals surface area contributed by atoms with Gasteiger partial charge in [0.25, 0.3) is 0 Å². The third-order valence-corrected chi connectivity index (χ3v) is 5.89. The Morgan fingerprint density at radius 1 is 0.488 bits per heavy atom. The van der Waals surface area contributed by atoms with Crippen molar-refractivity contribution < 1.29 is 45.4 Å². The van der Waals surface area contributed by atoms with Gasteiger partial charge in [-0.3, -0.25) is 10.6 Å². The van der Waals surface area contributed by atoms with Gasteiger partial charge < -0.3 is 9.47 Å². The number of rotatable bonds is 6. The number of para-hydroxylation sites is 2. The summed E-state index contributed by atoms with van der Waals surface area (Å²) in [5.74, 6) is -0.567. The molecule has 0 aliphatic carbocycles. The summed E-state index contributed by atoms with van der Waals surface area (Å²) in [6, 6.07) is 21.8. The number of hydrogen-bond acceptors (Lipinski definition) is 4. The standard InChI is InChI=1S/C29H20F6N2O4/c30-28(31,32)27(29(33,34)35,19-11-15-23(16-12-19)40-25(38)36-21-7-3-1-4-8-21)20-13-17-24(18-14-20)41-26(39)37-22-9-5-2-6-10-22/h1-18H,(H,36,38)(H,37,39). The van der Waals surface area contributed by atoms with Crippen LogP contribution in [-0.4, -0.2) is 24.5 Å². The highest BCUT2D eigenvalue weighted by molar-refractivity contribution is 5.86. The molecule has 4 aromatic rings. The molecule has 0 spiro atoms. The highest BCUT2D eigenvalue weighted by atomic mass is 19.4. The zero-order valence-electron chi connectivity index (χ0n) is 20.8. The van der Waals surface area contributed by atoms with Crippen LogP contribution >= 0.6 is 0 Å². The molecule has 4 rings (SSSR count). The number of carbonyl (C=O) groups is 2. The molecular weight excluding hydrogens is 554 g/mol. The third kappa shape index (κ3) is 6.43. The van der Waals surface area contributed by atoms with Gasteiger partial charge in [-0.1, -0.05) is 60.7 Å². The van der Waals surface area contributed by atoms with E-state index in [4.69, 9.17) is 9.47 Å². The Hall–Kier alpha value is -5.00. The summed E-state index contributed by atoms with van der Waals surface area (Å²) >= 11 is 0. The van der Waals surface area contributed by atoms with E-state index in [0.717, 1.165) is 24.3 Å². The molecule has 0 heterocycles. The van der Waals surface area contributed by atoms with Crippen LogP contribution in [-0.2, 0) is 5.41 Å². The normalized spacial score (nSPS) is 11.9. The maximum Gasteiger partial charge on any atom is 0.417 e. The number of halogens is 6. The lowest BCUT2D eigenvalue weighted by Gasteiger charge is -2.38. The molecule has 0 bridgehead atoms. The molecule has 212 valence electrons. The van der Waals surface area contributed by atoms with Crippen molar-refractivity contribution in [3.63, 3.8) is 0 Å². The second kappa shape index (κ2) is 11.6. The molecule has 2 amide bonds. The van der Waals surface area contributed by atoms with E-state index < -0.39 is 41.1 Å². The van der Waals surface area contributed by atoms with Crippen molar-refractivity contribution in [1.29, 1.82) is 0 Å². The molecule has 0 unspecified atom stereocenters. The van der Waals surface area contributed by atoms with Gasteiger partial charge in [0, 0.05) is 11.4 Å². The Bertz CT molecular complexity index is 1360. The van der Waals surface area contributed by atoms with E-state index in [9.17, 15) is 35.9 Å². The molecule has 4 aromatic carbocycles. The van der Waals surface area contributed by atoms with Crippen molar-refractivity contribution in [1.82, 2.24) is 0 Å². The van der Waals surface area contributed by atoms with E-state index in [0.29, 0.717) is 35.6 Å². The van der Waals surface area contributed by atoms with Crippen molar-refractivity contribution in [2.24, 2.45) is 0 Å². The van der Waals surface area contributed by atoms with E-state index in [2.05, 4.69) is 10.6 Å². The van der Waals surface area contributed by atoms with Crippen LogP contribution < -0.4 is 20.1 Å². The molecular formula is C29H20F6N2O4. The first kappa shape index (κ1) is 29.0. The van der Waals surface area contributed by atoms with Crippen molar-refractivity contribution in [3.8, 4) is 11.5 Å². The summed E-state index contributed by atoms with van der Waals surface area (Å²) in [7, 11) is 0. The molecule has 0 aliphatic rings. The number of ether oxygens (including phenoxy) is 2. The topological polar surface area (TPSA) is 76.7 Å². The average molecular weight is 574 g/mol. The van der Waals surface area contributed by atoms with Gasteiger partial charge in [-0.25, -0.2) is 9.59 Å². The van der Waals surface area contributed by atoms with Gasteiger partial charge in [-0.05, 0) is 59.7 Å². The predicted molar refractivity (Wildman–Crippen MR) is 138 cm³/mol. The van der Waals surface area contributed by atoms with Crippen LogP contribution in [0.5, 0.6) is 11.5 Å². The average Bonchev–Trinajstić information content (AvgIpc) is 2.90. The smallest absolute Gasteiger partial charge is 0.410 e. The van der Waals surface area contributed by atoms with E-state index in [-0.39, 0.29) is 11.5 Å². The van der Waals surface area contributed by atoms with Crippen LogP contribution in [0.25, 0.3) is 0 Å². The third-order valence-electron chi connectivity index (χ3n) is 5.89. The Labute approximate surface area is 229 Å². The summed E-state index contributed by atoms with van der Waals surface area (Å²) in [6.45, 7) is 0. The minimum atomic E-state index is -5.84. The fraction of sp³-hybridized carbons (Fsp3) is 0.103. The number of amides is 2. The summed E-state index contributed by atoms with van der Waals surface area (Å²) in [6.07, 6.45) is -13.7. The lowest BCUT2D eigenvalue weighted by atomic mass is 9.73. The summed E-state index contributed by atoms with van der Waals surface area (Å²) in [5.41, 5.74) is -6.04.